The maximum atomic E-state index is 5.97. The molecule has 0 aromatic heterocycles. The fraction of sp³-hybridized carbons (Fsp3) is 0.538. The summed E-state index contributed by atoms with van der Waals surface area (Å²) in [6.45, 7) is 2.34. The highest BCUT2D eigenvalue weighted by Crippen LogP contribution is 2.39. The molecule has 0 bridgehead atoms. The molecule has 2 rings (SSSR count). The molecule has 2 N–H and O–H groups in total. The second-order valence-corrected chi connectivity index (χ2v) is 5.55. The van der Waals surface area contributed by atoms with Crippen molar-refractivity contribution in [2.75, 3.05) is 0 Å². The Kier molecular flexibility index (Phi) is 3.03. The average Bonchev–Trinajstić information content (AvgIpc) is 2.50. The minimum absolute atomic E-state index is 0.396. The summed E-state index contributed by atoms with van der Waals surface area (Å²) in [5, 5.41) is 0.812. The summed E-state index contributed by atoms with van der Waals surface area (Å²) in [5.41, 5.74) is 7.73. The van der Waals surface area contributed by atoms with Gasteiger partial charge in [0.1, 0.15) is 0 Å². The molecule has 0 aliphatic heterocycles. The molecule has 1 aromatic carbocycles. The lowest BCUT2D eigenvalue weighted by molar-refractivity contribution is 0.329. The molecular weight excluding hydrogens is 206 g/mol. The van der Waals surface area contributed by atoms with Crippen LogP contribution in [0.15, 0.2) is 24.3 Å². The number of rotatable bonds is 2. The maximum Gasteiger partial charge on any atom is 0.0406 e. The van der Waals surface area contributed by atoms with Gasteiger partial charge in [0.15, 0.2) is 0 Å². The van der Waals surface area contributed by atoms with E-state index in [-0.39, 0.29) is 0 Å². The molecule has 0 heterocycles. The van der Waals surface area contributed by atoms with E-state index in [9.17, 15) is 0 Å². The molecule has 1 aliphatic carbocycles. The first-order valence-electron chi connectivity index (χ1n) is 5.57. The Bertz CT molecular complexity index is 333. The molecular formula is C13H18ClN. The zero-order valence-electron chi connectivity index (χ0n) is 9.17. The monoisotopic (exact) mass is 223 g/mol. The second kappa shape index (κ2) is 4.15. The van der Waals surface area contributed by atoms with E-state index in [4.69, 9.17) is 17.3 Å². The Morgan fingerprint density at radius 3 is 2.60 bits per heavy atom. The molecule has 0 radical (unpaired) electrons. The predicted octanol–water partition coefficient (Wildman–Crippen LogP) is 3.40. The summed E-state index contributed by atoms with van der Waals surface area (Å²) in [7, 11) is 0. The Balaban J connectivity index is 2.05. The van der Waals surface area contributed by atoms with E-state index in [2.05, 4.69) is 19.1 Å². The molecule has 15 heavy (non-hydrogen) atoms. The zero-order valence-corrected chi connectivity index (χ0v) is 9.93. The fourth-order valence-electron chi connectivity index (χ4n) is 2.63. The smallest absolute Gasteiger partial charge is 0.0406 e. The number of hydrogen-bond donors (Lipinski definition) is 1. The van der Waals surface area contributed by atoms with Gasteiger partial charge in [-0.3, -0.25) is 0 Å². The van der Waals surface area contributed by atoms with Gasteiger partial charge in [-0.15, -0.1) is 0 Å². The molecule has 1 aromatic rings. The Morgan fingerprint density at radius 1 is 1.40 bits per heavy atom. The zero-order chi connectivity index (χ0) is 10.9. The number of benzene rings is 1. The van der Waals surface area contributed by atoms with Crippen LogP contribution in [0, 0.1) is 5.41 Å². The van der Waals surface area contributed by atoms with Crippen molar-refractivity contribution >= 4 is 11.6 Å². The summed E-state index contributed by atoms with van der Waals surface area (Å²) < 4.78 is 0. The highest BCUT2D eigenvalue weighted by Gasteiger charge is 2.33. The first-order chi connectivity index (χ1) is 7.07. The number of halogens is 1. The minimum atomic E-state index is 0.396. The summed E-state index contributed by atoms with van der Waals surface area (Å²) in [6.07, 6.45) is 4.69. The van der Waals surface area contributed by atoms with Crippen LogP contribution in [-0.2, 0) is 6.42 Å². The van der Waals surface area contributed by atoms with E-state index in [0.717, 1.165) is 17.9 Å². The largest absolute Gasteiger partial charge is 0.328 e. The van der Waals surface area contributed by atoms with Gasteiger partial charge in [-0.25, -0.2) is 0 Å². The van der Waals surface area contributed by atoms with Crippen LogP contribution >= 0.6 is 11.6 Å². The summed E-state index contributed by atoms with van der Waals surface area (Å²) >= 11 is 5.87. The third-order valence-corrected chi connectivity index (χ3v) is 3.67. The predicted molar refractivity (Wildman–Crippen MR) is 65.1 cm³/mol. The number of hydrogen-bond acceptors (Lipinski definition) is 1. The fourth-order valence-corrected chi connectivity index (χ4v) is 2.75. The summed E-state index contributed by atoms with van der Waals surface area (Å²) in [5.74, 6) is 0. The quantitative estimate of drug-likeness (QED) is 0.817. The molecule has 82 valence electrons. The van der Waals surface area contributed by atoms with Crippen molar-refractivity contribution < 1.29 is 0 Å². The molecule has 2 unspecified atom stereocenters. The third kappa shape index (κ3) is 2.73. The highest BCUT2D eigenvalue weighted by atomic mass is 35.5. The summed E-state index contributed by atoms with van der Waals surface area (Å²) in [4.78, 5) is 0. The van der Waals surface area contributed by atoms with Crippen LogP contribution in [0.3, 0.4) is 0 Å². The van der Waals surface area contributed by atoms with Gasteiger partial charge in [0, 0.05) is 11.1 Å². The van der Waals surface area contributed by atoms with Gasteiger partial charge < -0.3 is 5.73 Å². The van der Waals surface area contributed by atoms with Crippen LogP contribution in [0.4, 0.5) is 0 Å². The Hall–Kier alpha value is -0.530. The standard InChI is InChI=1S/C13H18ClN/c1-13(7-6-12(15)9-13)8-10-2-4-11(14)5-3-10/h2-5,12H,6-9,15H2,1H3. The molecule has 1 fully saturated rings. The van der Waals surface area contributed by atoms with Crippen LogP contribution < -0.4 is 5.73 Å². The SMILES string of the molecule is CC1(Cc2ccc(Cl)cc2)CCC(N)C1. The first kappa shape index (κ1) is 11.0. The summed E-state index contributed by atoms with van der Waals surface area (Å²) in [6, 6.07) is 8.58. The van der Waals surface area contributed by atoms with E-state index in [1.807, 2.05) is 12.1 Å². The molecule has 1 aliphatic rings. The van der Waals surface area contributed by atoms with Crippen molar-refractivity contribution in [3.8, 4) is 0 Å². The van der Waals surface area contributed by atoms with Gasteiger partial charge >= 0.3 is 0 Å². The maximum absolute atomic E-state index is 5.97. The van der Waals surface area contributed by atoms with E-state index < -0.39 is 0 Å². The van der Waals surface area contributed by atoms with E-state index in [1.165, 1.54) is 18.4 Å². The highest BCUT2D eigenvalue weighted by molar-refractivity contribution is 6.30. The van der Waals surface area contributed by atoms with Gasteiger partial charge in [0.2, 0.25) is 0 Å². The van der Waals surface area contributed by atoms with Crippen LogP contribution in [-0.4, -0.2) is 6.04 Å². The van der Waals surface area contributed by atoms with Gasteiger partial charge in [0.05, 0.1) is 0 Å². The molecule has 1 saturated carbocycles. The van der Waals surface area contributed by atoms with Crippen molar-refractivity contribution in [2.24, 2.45) is 11.1 Å². The number of nitrogens with two attached hydrogens (primary N) is 1. The van der Waals surface area contributed by atoms with Crippen molar-refractivity contribution in [1.82, 2.24) is 0 Å². The lowest BCUT2D eigenvalue weighted by atomic mass is 9.82. The van der Waals surface area contributed by atoms with Gasteiger partial charge in [-0.2, -0.15) is 0 Å². The Morgan fingerprint density at radius 2 is 2.07 bits per heavy atom. The topological polar surface area (TPSA) is 26.0 Å². The van der Waals surface area contributed by atoms with Crippen LogP contribution in [0.25, 0.3) is 0 Å². The van der Waals surface area contributed by atoms with Crippen molar-refractivity contribution in [3.05, 3.63) is 34.9 Å². The van der Waals surface area contributed by atoms with E-state index in [1.54, 1.807) is 0 Å². The van der Waals surface area contributed by atoms with Gasteiger partial charge in [-0.1, -0.05) is 30.7 Å². The van der Waals surface area contributed by atoms with Crippen LogP contribution in [0.5, 0.6) is 0 Å². The Labute approximate surface area is 96.6 Å². The molecule has 0 amide bonds. The lowest BCUT2D eigenvalue weighted by Crippen LogP contribution is -2.21. The molecule has 1 nitrogen and oxygen atoms in total. The molecule has 2 atom stereocenters. The van der Waals surface area contributed by atoms with Crippen molar-refractivity contribution in [2.45, 2.75) is 38.6 Å². The first-order valence-corrected chi connectivity index (χ1v) is 5.95. The molecule has 2 heteroatoms. The second-order valence-electron chi connectivity index (χ2n) is 5.12. The van der Waals surface area contributed by atoms with Crippen LogP contribution in [0.2, 0.25) is 5.02 Å². The minimum Gasteiger partial charge on any atom is -0.328 e. The van der Waals surface area contributed by atoms with Crippen LogP contribution in [0.1, 0.15) is 31.7 Å². The average molecular weight is 224 g/mol. The van der Waals surface area contributed by atoms with E-state index >= 15 is 0 Å². The lowest BCUT2D eigenvalue weighted by Gasteiger charge is -2.23. The molecule has 0 saturated heterocycles. The van der Waals surface area contributed by atoms with Gasteiger partial charge in [-0.05, 0) is 48.8 Å². The third-order valence-electron chi connectivity index (χ3n) is 3.42. The van der Waals surface area contributed by atoms with Crippen molar-refractivity contribution in [1.29, 1.82) is 0 Å². The van der Waals surface area contributed by atoms with Gasteiger partial charge in [0.25, 0.3) is 0 Å². The van der Waals surface area contributed by atoms with Crippen molar-refractivity contribution in [3.63, 3.8) is 0 Å². The normalized spacial score (nSPS) is 30.7. The molecule has 0 spiro atoms. The van der Waals surface area contributed by atoms with E-state index in [0.29, 0.717) is 11.5 Å².